The molecule has 2 nitrogen and oxygen atoms in total. The number of rotatable bonds is 11. The van der Waals surface area contributed by atoms with Crippen LogP contribution in [0.5, 0.6) is 0 Å². The van der Waals surface area contributed by atoms with Crippen LogP contribution >= 0.6 is 0 Å². The van der Waals surface area contributed by atoms with Crippen LogP contribution in [-0.4, -0.2) is 25.8 Å². The summed E-state index contributed by atoms with van der Waals surface area (Å²) in [4.78, 5) is 0. The van der Waals surface area contributed by atoms with Gasteiger partial charge in [-0.1, -0.05) is 50.6 Å². The average Bonchev–Trinajstić information content (AvgIpc) is 2.46. The predicted molar refractivity (Wildman–Crippen MR) is 82.6 cm³/mol. The number of ether oxygens (including phenoxy) is 1. The molecule has 0 spiro atoms. The van der Waals surface area contributed by atoms with E-state index in [2.05, 4.69) is 49.5 Å². The zero-order valence-electron chi connectivity index (χ0n) is 12.5. The lowest BCUT2D eigenvalue weighted by Gasteiger charge is -2.17. The van der Waals surface area contributed by atoms with Crippen LogP contribution in [-0.2, 0) is 11.2 Å². The Morgan fingerprint density at radius 1 is 1.05 bits per heavy atom. The van der Waals surface area contributed by atoms with Crippen molar-refractivity contribution in [2.24, 2.45) is 0 Å². The molecule has 0 radical (unpaired) electrons. The monoisotopic (exact) mass is 263 g/mol. The van der Waals surface area contributed by atoms with Crippen molar-refractivity contribution in [2.75, 3.05) is 19.8 Å². The van der Waals surface area contributed by atoms with Crippen molar-refractivity contribution in [1.29, 1.82) is 0 Å². The molecule has 1 atom stereocenters. The fourth-order valence-electron chi connectivity index (χ4n) is 2.09. The maximum absolute atomic E-state index is 5.57. The Hall–Kier alpha value is -0.860. The van der Waals surface area contributed by atoms with E-state index in [4.69, 9.17) is 4.74 Å². The largest absolute Gasteiger partial charge is 0.381 e. The van der Waals surface area contributed by atoms with Crippen molar-refractivity contribution >= 4 is 0 Å². The summed E-state index contributed by atoms with van der Waals surface area (Å²) >= 11 is 0. The fourth-order valence-corrected chi connectivity index (χ4v) is 2.09. The van der Waals surface area contributed by atoms with Crippen LogP contribution in [0, 0.1) is 0 Å². The van der Waals surface area contributed by atoms with E-state index < -0.39 is 0 Å². The van der Waals surface area contributed by atoms with Gasteiger partial charge in [-0.15, -0.1) is 0 Å². The van der Waals surface area contributed by atoms with E-state index >= 15 is 0 Å². The van der Waals surface area contributed by atoms with Crippen LogP contribution in [0.2, 0.25) is 0 Å². The van der Waals surface area contributed by atoms with Gasteiger partial charge in [0.2, 0.25) is 0 Å². The van der Waals surface area contributed by atoms with Gasteiger partial charge in [-0.25, -0.2) is 0 Å². The normalized spacial score (nSPS) is 12.5. The highest BCUT2D eigenvalue weighted by molar-refractivity contribution is 5.15. The maximum atomic E-state index is 5.57. The van der Waals surface area contributed by atoms with Gasteiger partial charge in [0.25, 0.3) is 0 Å². The minimum atomic E-state index is 0.582. The number of benzene rings is 1. The van der Waals surface area contributed by atoms with Crippen molar-refractivity contribution < 1.29 is 4.74 Å². The van der Waals surface area contributed by atoms with Crippen LogP contribution in [0.4, 0.5) is 0 Å². The lowest BCUT2D eigenvalue weighted by molar-refractivity contribution is 0.128. The topological polar surface area (TPSA) is 21.3 Å². The van der Waals surface area contributed by atoms with Crippen LogP contribution in [0.1, 0.15) is 45.1 Å². The second-order valence-electron chi connectivity index (χ2n) is 5.07. The SMILES string of the molecule is CCCCOCCCNC(CC)Cc1ccccc1. The molecule has 1 aromatic carbocycles. The summed E-state index contributed by atoms with van der Waals surface area (Å²) in [6.07, 6.45) is 5.79. The molecule has 0 aliphatic heterocycles. The Labute approximate surface area is 118 Å². The molecular weight excluding hydrogens is 234 g/mol. The van der Waals surface area contributed by atoms with Gasteiger partial charge in [-0.2, -0.15) is 0 Å². The smallest absolute Gasteiger partial charge is 0.0478 e. The summed E-state index contributed by atoms with van der Waals surface area (Å²) in [7, 11) is 0. The van der Waals surface area contributed by atoms with E-state index in [1.54, 1.807) is 0 Å². The van der Waals surface area contributed by atoms with Crippen LogP contribution in [0.25, 0.3) is 0 Å². The van der Waals surface area contributed by atoms with Crippen molar-refractivity contribution in [2.45, 2.75) is 52.0 Å². The summed E-state index contributed by atoms with van der Waals surface area (Å²) in [5, 5.41) is 3.63. The van der Waals surface area contributed by atoms with Crippen molar-refractivity contribution in [3.8, 4) is 0 Å². The highest BCUT2D eigenvalue weighted by Gasteiger charge is 2.05. The van der Waals surface area contributed by atoms with E-state index in [-0.39, 0.29) is 0 Å². The van der Waals surface area contributed by atoms with E-state index in [0.717, 1.165) is 32.6 Å². The minimum Gasteiger partial charge on any atom is -0.381 e. The van der Waals surface area contributed by atoms with Gasteiger partial charge in [-0.3, -0.25) is 0 Å². The maximum Gasteiger partial charge on any atom is 0.0478 e. The summed E-state index contributed by atoms with van der Waals surface area (Å²) in [6.45, 7) is 7.29. The lowest BCUT2D eigenvalue weighted by Crippen LogP contribution is -2.31. The number of nitrogens with one attached hydrogen (secondary N) is 1. The van der Waals surface area contributed by atoms with Gasteiger partial charge in [0.15, 0.2) is 0 Å². The Morgan fingerprint density at radius 2 is 1.79 bits per heavy atom. The number of hydrogen-bond acceptors (Lipinski definition) is 2. The molecule has 0 bridgehead atoms. The molecule has 19 heavy (non-hydrogen) atoms. The molecule has 0 saturated carbocycles. The molecule has 0 aliphatic carbocycles. The van der Waals surface area contributed by atoms with Crippen molar-refractivity contribution in [1.82, 2.24) is 5.32 Å². The summed E-state index contributed by atoms with van der Waals surface area (Å²) < 4.78 is 5.57. The molecule has 0 aliphatic rings. The molecule has 0 amide bonds. The van der Waals surface area contributed by atoms with Crippen LogP contribution in [0.3, 0.4) is 0 Å². The molecule has 0 aromatic heterocycles. The van der Waals surface area contributed by atoms with E-state index in [1.165, 1.54) is 24.8 Å². The van der Waals surface area contributed by atoms with E-state index in [0.29, 0.717) is 6.04 Å². The average molecular weight is 263 g/mol. The predicted octanol–water partition coefficient (Wildman–Crippen LogP) is 3.80. The Kier molecular flexibility index (Phi) is 9.38. The molecule has 1 unspecified atom stereocenters. The highest BCUT2D eigenvalue weighted by atomic mass is 16.5. The second kappa shape index (κ2) is 11.0. The highest BCUT2D eigenvalue weighted by Crippen LogP contribution is 2.05. The summed E-state index contributed by atoms with van der Waals surface area (Å²) in [5.74, 6) is 0. The van der Waals surface area contributed by atoms with Crippen molar-refractivity contribution in [3.63, 3.8) is 0 Å². The first-order chi connectivity index (χ1) is 9.36. The number of hydrogen-bond donors (Lipinski definition) is 1. The Morgan fingerprint density at radius 3 is 2.47 bits per heavy atom. The molecule has 1 aromatic rings. The van der Waals surface area contributed by atoms with Gasteiger partial charge < -0.3 is 10.1 Å². The standard InChI is InChI=1S/C17H29NO/c1-3-5-13-19-14-9-12-18-17(4-2)15-16-10-7-6-8-11-16/h6-8,10-11,17-18H,3-5,9,12-15H2,1-2H3. The Bertz CT molecular complexity index is 299. The molecular formula is C17H29NO. The zero-order chi connectivity index (χ0) is 13.8. The van der Waals surface area contributed by atoms with Crippen LogP contribution in [0.15, 0.2) is 30.3 Å². The van der Waals surface area contributed by atoms with Gasteiger partial charge in [0.1, 0.15) is 0 Å². The molecule has 0 saturated heterocycles. The molecule has 0 fully saturated rings. The zero-order valence-corrected chi connectivity index (χ0v) is 12.5. The fraction of sp³-hybridized carbons (Fsp3) is 0.647. The third-order valence-electron chi connectivity index (χ3n) is 3.36. The van der Waals surface area contributed by atoms with Crippen molar-refractivity contribution in [3.05, 3.63) is 35.9 Å². The van der Waals surface area contributed by atoms with Gasteiger partial charge in [0.05, 0.1) is 0 Å². The van der Waals surface area contributed by atoms with Gasteiger partial charge in [0, 0.05) is 19.3 Å². The minimum absolute atomic E-state index is 0.582. The lowest BCUT2D eigenvalue weighted by atomic mass is 10.0. The molecule has 2 heteroatoms. The first-order valence-electron chi connectivity index (χ1n) is 7.71. The number of unbranched alkanes of at least 4 members (excludes halogenated alkanes) is 1. The third kappa shape index (κ3) is 8.02. The van der Waals surface area contributed by atoms with Gasteiger partial charge >= 0.3 is 0 Å². The summed E-state index contributed by atoms with van der Waals surface area (Å²) in [6, 6.07) is 11.3. The quantitative estimate of drug-likeness (QED) is 0.613. The molecule has 0 heterocycles. The molecule has 1 N–H and O–H groups in total. The molecule has 1 rings (SSSR count). The Balaban J connectivity index is 2.09. The van der Waals surface area contributed by atoms with E-state index in [1.807, 2.05) is 0 Å². The van der Waals surface area contributed by atoms with E-state index in [9.17, 15) is 0 Å². The first kappa shape index (κ1) is 16.2. The second-order valence-corrected chi connectivity index (χ2v) is 5.07. The first-order valence-corrected chi connectivity index (χ1v) is 7.71. The van der Waals surface area contributed by atoms with Crippen LogP contribution < -0.4 is 5.32 Å². The third-order valence-corrected chi connectivity index (χ3v) is 3.36. The molecule has 108 valence electrons. The summed E-state index contributed by atoms with van der Waals surface area (Å²) in [5.41, 5.74) is 1.42. The van der Waals surface area contributed by atoms with Gasteiger partial charge in [-0.05, 0) is 37.8 Å².